The fourth-order valence-electron chi connectivity index (χ4n) is 2.26. The number of halogens is 1. The number of anilines is 1. The van der Waals surface area contributed by atoms with Crippen LogP contribution in [0.5, 0.6) is 0 Å². The molecule has 0 bridgehead atoms. The number of carboxylic acid groups (broad SMARTS) is 1. The maximum Gasteiger partial charge on any atom is 0.338 e. The van der Waals surface area contributed by atoms with Crippen LogP contribution in [0.1, 0.15) is 23.2 Å². The van der Waals surface area contributed by atoms with Crippen LogP contribution in [-0.2, 0) is 0 Å². The predicted molar refractivity (Wildman–Crippen MR) is 72.5 cm³/mol. The Bertz CT molecular complexity index is 555. The highest BCUT2D eigenvalue weighted by Gasteiger charge is 2.26. The van der Waals surface area contributed by atoms with E-state index in [1.165, 1.54) is 0 Å². The molecule has 1 aliphatic heterocycles. The number of aromatic carboxylic acids is 1. The fraction of sp³-hybridized carbons (Fsp3) is 0.417. The Hall–Kier alpha value is -1.86. The summed E-state index contributed by atoms with van der Waals surface area (Å²) in [6.07, 6.45) is 0.606. The van der Waals surface area contributed by atoms with Crippen LogP contribution >= 0.6 is 11.6 Å². The highest BCUT2D eigenvalue weighted by molar-refractivity contribution is 6.34. The lowest BCUT2D eigenvalue weighted by molar-refractivity contribution is -0.384. The maximum absolute atomic E-state index is 11.3. The van der Waals surface area contributed by atoms with Crippen molar-refractivity contribution in [2.45, 2.75) is 18.9 Å². The molecular formula is C12H13ClN2O5. The molecule has 0 spiro atoms. The SMILES string of the molecule is O=C(O)c1cc([N+](=O)[O-])cc(Cl)c1N1CCC(O)CC1. The highest BCUT2D eigenvalue weighted by Crippen LogP contribution is 2.35. The van der Waals surface area contributed by atoms with E-state index < -0.39 is 17.0 Å². The van der Waals surface area contributed by atoms with Gasteiger partial charge in [0.25, 0.3) is 5.69 Å². The zero-order valence-corrected chi connectivity index (χ0v) is 11.2. The van der Waals surface area contributed by atoms with Gasteiger partial charge in [-0.1, -0.05) is 11.6 Å². The molecule has 1 saturated heterocycles. The van der Waals surface area contributed by atoms with Crippen molar-refractivity contribution in [3.05, 3.63) is 32.8 Å². The molecule has 0 atom stereocenters. The summed E-state index contributed by atoms with van der Waals surface area (Å²) in [5, 5.41) is 29.5. The van der Waals surface area contributed by atoms with Crippen LogP contribution in [0, 0.1) is 10.1 Å². The average Bonchev–Trinajstić information content (AvgIpc) is 2.39. The van der Waals surface area contributed by atoms with Gasteiger partial charge in [-0.2, -0.15) is 0 Å². The molecule has 0 radical (unpaired) electrons. The fourth-order valence-corrected chi connectivity index (χ4v) is 2.60. The van der Waals surface area contributed by atoms with E-state index in [9.17, 15) is 25.1 Å². The molecule has 2 rings (SSSR count). The summed E-state index contributed by atoms with van der Waals surface area (Å²) >= 11 is 6.02. The van der Waals surface area contributed by atoms with Gasteiger partial charge in [-0.3, -0.25) is 10.1 Å². The predicted octanol–water partition coefficient (Wildman–Crippen LogP) is 1.91. The Balaban J connectivity index is 2.46. The molecule has 0 unspecified atom stereocenters. The maximum atomic E-state index is 11.3. The number of hydrogen-bond donors (Lipinski definition) is 2. The molecule has 0 aliphatic carbocycles. The molecule has 0 saturated carbocycles. The number of carbonyl (C=O) groups is 1. The van der Waals surface area contributed by atoms with Gasteiger partial charge in [0.2, 0.25) is 0 Å². The third-order valence-electron chi connectivity index (χ3n) is 3.27. The third-order valence-corrected chi connectivity index (χ3v) is 3.56. The first kappa shape index (κ1) is 14.5. The van der Waals surface area contributed by atoms with Crippen LogP contribution in [0.4, 0.5) is 11.4 Å². The summed E-state index contributed by atoms with van der Waals surface area (Å²) in [5.74, 6) is -1.27. The second-order valence-corrected chi connectivity index (χ2v) is 5.01. The van der Waals surface area contributed by atoms with E-state index in [0.29, 0.717) is 25.9 Å². The van der Waals surface area contributed by atoms with Crippen LogP contribution in [0.3, 0.4) is 0 Å². The highest BCUT2D eigenvalue weighted by atomic mass is 35.5. The Morgan fingerprint density at radius 3 is 2.50 bits per heavy atom. The molecule has 8 heteroatoms. The molecule has 20 heavy (non-hydrogen) atoms. The summed E-state index contributed by atoms with van der Waals surface area (Å²) in [6.45, 7) is 0.915. The van der Waals surface area contributed by atoms with Crippen molar-refractivity contribution in [1.29, 1.82) is 0 Å². The van der Waals surface area contributed by atoms with Crippen molar-refractivity contribution in [2.24, 2.45) is 0 Å². The second kappa shape index (κ2) is 5.64. The molecule has 1 fully saturated rings. The van der Waals surface area contributed by atoms with Gasteiger partial charge in [0, 0.05) is 25.2 Å². The Morgan fingerprint density at radius 1 is 1.40 bits per heavy atom. The van der Waals surface area contributed by atoms with Gasteiger partial charge in [-0.25, -0.2) is 4.79 Å². The van der Waals surface area contributed by atoms with Crippen LogP contribution < -0.4 is 4.90 Å². The van der Waals surface area contributed by atoms with Crippen LogP contribution in [0.15, 0.2) is 12.1 Å². The zero-order valence-electron chi connectivity index (χ0n) is 10.5. The number of nitro groups is 1. The van der Waals surface area contributed by atoms with Crippen LogP contribution in [0.25, 0.3) is 0 Å². The first-order chi connectivity index (χ1) is 9.40. The second-order valence-electron chi connectivity index (χ2n) is 4.60. The molecular weight excluding hydrogens is 288 g/mol. The van der Waals surface area contributed by atoms with E-state index in [1.54, 1.807) is 4.90 Å². The number of non-ortho nitro benzene ring substituents is 1. The largest absolute Gasteiger partial charge is 0.478 e. The number of carboxylic acids is 1. The number of rotatable bonds is 3. The standard InChI is InChI=1S/C12H13ClN2O5/c13-10-6-7(15(19)20)5-9(12(17)18)11(10)14-3-1-8(16)2-4-14/h5-6,8,16H,1-4H2,(H,17,18). The first-order valence-corrected chi connectivity index (χ1v) is 6.42. The summed E-state index contributed by atoms with van der Waals surface area (Å²) in [5.41, 5.74) is -0.273. The van der Waals surface area contributed by atoms with Crippen molar-refractivity contribution in [3.8, 4) is 0 Å². The lowest BCUT2D eigenvalue weighted by atomic mass is 10.0. The van der Waals surface area contributed by atoms with E-state index in [2.05, 4.69) is 0 Å². The third kappa shape index (κ3) is 2.83. The number of piperidine rings is 1. The number of nitro benzene ring substituents is 1. The van der Waals surface area contributed by atoms with Gasteiger partial charge in [0.05, 0.1) is 27.3 Å². The molecule has 7 nitrogen and oxygen atoms in total. The lowest BCUT2D eigenvalue weighted by Gasteiger charge is -2.32. The Labute approximate surface area is 119 Å². The number of aliphatic hydroxyl groups is 1. The number of benzene rings is 1. The van der Waals surface area contributed by atoms with Crippen molar-refractivity contribution < 1.29 is 19.9 Å². The minimum absolute atomic E-state index is 0.0352. The van der Waals surface area contributed by atoms with Crippen molar-refractivity contribution >= 4 is 28.9 Å². The van der Waals surface area contributed by atoms with Crippen molar-refractivity contribution in [2.75, 3.05) is 18.0 Å². The van der Waals surface area contributed by atoms with E-state index >= 15 is 0 Å². The molecule has 1 aliphatic rings. The number of aliphatic hydroxyl groups excluding tert-OH is 1. The minimum Gasteiger partial charge on any atom is -0.478 e. The summed E-state index contributed by atoms with van der Waals surface area (Å²) in [6, 6.07) is 2.16. The van der Waals surface area contributed by atoms with Gasteiger partial charge in [0.15, 0.2) is 0 Å². The van der Waals surface area contributed by atoms with E-state index in [0.717, 1.165) is 12.1 Å². The van der Waals surface area contributed by atoms with Gasteiger partial charge in [0.1, 0.15) is 0 Å². The summed E-state index contributed by atoms with van der Waals surface area (Å²) in [7, 11) is 0. The minimum atomic E-state index is -1.27. The average molecular weight is 301 g/mol. The van der Waals surface area contributed by atoms with Gasteiger partial charge < -0.3 is 15.1 Å². The molecule has 1 aromatic carbocycles. The Morgan fingerprint density at radius 2 is 2.00 bits per heavy atom. The smallest absolute Gasteiger partial charge is 0.338 e. The number of nitrogens with zero attached hydrogens (tertiary/aromatic N) is 2. The van der Waals surface area contributed by atoms with E-state index in [-0.39, 0.29) is 22.0 Å². The van der Waals surface area contributed by atoms with Gasteiger partial charge in [-0.15, -0.1) is 0 Å². The Kier molecular flexibility index (Phi) is 4.10. The zero-order chi connectivity index (χ0) is 14.9. The monoisotopic (exact) mass is 300 g/mol. The van der Waals surface area contributed by atoms with Gasteiger partial charge in [-0.05, 0) is 12.8 Å². The first-order valence-electron chi connectivity index (χ1n) is 6.04. The van der Waals surface area contributed by atoms with Crippen LogP contribution in [-0.4, -0.2) is 40.3 Å². The quantitative estimate of drug-likeness (QED) is 0.652. The van der Waals surface area contributed by atoms with E-state index in [4.69, 9.17) is 11.6 Å². The van der Waals surface area contributed by atoms with E-state index in [1.807, 2.05) is 0 Å². The molecule has 0 aromatic heterocycles. The molecule has 1 aromatic rings. The normalized spacial score (nSPS) is 16.2. The van der Waals surface area contributed by atoms with Crippen LogP contribution in [0.2, 0.25) is 5.02 Å². The molecule has 1 heterocycles. The van der Waals surface area contributed by atoms with Gasteiger partial charge >= 0.3 is 5.97 Å². The molecule has 2 N–H and O–H groups in total. The summed E-state index contributed by atoms with van der Waals surface area (Å²) < 4.78 is 0. The van der Waals surface area contributed by atoms with Crippen molar-refractivity contribution in [3.63, 3.8) is 0 Å². The molecule has 108 valence electrons. The van der Waals surface area contributed by atoms with Crippen molar-refractivity contribution in [1.82, 2.24) is 0 Å². The lowest BCUT2D eigenvalue weighted by Crippen LogP contribution is -2.36. The topological polar surface area (TPSA) is 104 Å². The molecule has 0 amide bonds. The number of hydrogen-bond acceptors (Lipinski definition) is 5. The summed E-state index contributed by atoms with van der Waals surface area (Å²) in [4.78, 5) is 23.1.